The molecule has 0 radical (unpaired) electrons. The van der Waals surface area contributed by atoms with Gasteiger partial charge in [0, 0.05) is 12.8 Å². The Morgan fingerprint density at radius 2 is 1.00 bits per heavy atom. The summed E-state index contributed by atoms with van der Waals surface area (Å²) >= 11 is 0. The van der Waals surface area contributed by atoms with Gasteiger partial charge in [0.1, 0.15) is 0 Å². The number of rotatable bonds is 18. The summed E-state index contributed by atoms with van der Waals surface area (Å²) in [6.45, 7) is 2.27. The van der Waals surface area contributed by atoms with Gasteiger partial charge in [0.25, 0.3) is 0 Å². The van der Waals surface area contributed by atoms with Gasteiger partial charge in [0.05, 0.1) is 0 Å². The fourth-order valence-electron chi connectivity index (χ4n) is 2.94. The van der Waals surface area contributed by atoms with Gasteiger partial charge >= 0.3 is 11.9 Å². The average Bonchev–Trinajstić information content (AvgIpc) is 2.52. The van der Waals surface area contributed by atoms with E-state index in [0.717, 1.165) is 25.7 Å². The van der Waals surface area contributed by atoms with Crippen molar-refractivity contribution in [3.8, 4) is 0 Å². The molecule has 0 aliphatic heterocycles. The zero-order chi connectivity index (χ0) is 18.0. The van der Waals surface area contributed by atoms with Crippen LogP contribution in [0.15, 0.2) is 0 Å². The van der Waals surface area contributed by atoms with E-state index in [1.54, 1.807) is 0 Å². The minimum Gasteiger partial charge on any atom is -0.481 e. The Labute approximate surface area is 149 Å². The molecule has 0 atom stereocenters. The molecule has 142 valence electrons. The van der Waals surface area contributed by atoms with Crippen molar-refractivity contribution in [1.29, 1.82) is 0 Å². The highest BCUT2D eigenvalue weighted by atomic mass is 31.1. The summed E-state index contributed by atoms with van der Waals surface area (Å²) in [5, 5.41) is 17.2. The molecule has 0 aromatic rings. The van der Waals surface area contributed by atoms with Gasteiger partial charge in [-0.15, -0.1) is 7.92 Å². The van der Waals surface area contributed by atoms with Gasteiger partial charge in [-0.25, -0.2) is 0 Å². The van der Waals surface area contributed by atoms with E-state index >= 15 is 0 Å². The third-order valence-electron chi connectivity index (χ3n) is 4.27. The molecule has 0 aromatic heterocycles. The summed E-state index contributed by atoms with van der Waals surface area (Å²) < 4.78 is 0. The molecule has 24 heavy (non-hydrogen) atoms. The summed E-state index contributed by atoms with van der Waals surface area (Å²) in [5.74, 6) is -1.35. The lowest BCUT2D eigenvalue weighted by molar-refractivity contribution is -0.138. The maximum absolute atomic E-state index is 10.4. The lowest BCUT2D eigenvalue weighted by Crippen LogP contribution is -1.97. The maximum Gasteiger partial charge on any atom is 0.303 e. The zero-order valence-corrected chi connectivity index (χ0v) is 16.4. The molecule has 0 aliphatic carbocycles. The minimum absolute atomic E-state index is 0.181. The van der Waals surface area contributed by atoms with Crippen LogP contribution in [0.3, 0.4) is 0 Å². The molecule has 0 amide bonds. The highest BCUT2D eigenvalue weighted by Crippen LogP contribution is 2.38. The molecule has 0 bridgehead atoms. The smallest absolute Gasteiger partial charge is 0.303 e. The van der Waals surface area contributed by atoms with Crippen molar-refractivity contribution < 1.29 is 19.8 Å². The normalized spacial score (nSPS) is 11.1. The monoisotopic (exact) mass is 360 g/mol. The molecule has 0 fully saturated rings. The molecule has 4 nitrogen and oxygen atoms in total. The van der Waals surface area contributed by atoms with Crippen molar-refractivity contribution in [3.63, 3.8) is 0 Å². The molecule has 0 aliphatic rings. The summed E-state index contributed by atoms with van der Waals surface area (Å²) in [4.78, 5) is 20.9. The number of carboxylic acid groups (broad SMARTS) is 2. The first-order valence-electron chi connectivity index (χ1n) is 9.72. The SMILES string of the molecule is CCCP(CCCCCCCC(=O)O)CCCCCCCC(=O)O. The number of hydrogen-bond donors (Lipinski definition) is 2. The van der Waals surface area contributed by atoms with Crippen molar-refractivity contribution in [1.82, 2.24) is 0 Å². The second-order valence-electron chi connectivity index (χ2n) is 6.66. The van der Waals surface area contributed by atoms with E-state index in [0.29, 0.717) is 12.8 Å². The predicted molar refractivity (Wildman–Crippen MR) is 102 cm³/mol. The van der Waals surface area contributed by atoms with E-state index in [4.69, 9.17) is 10.2 Å². The first-order chi connectivity index (χ1) is 11.6. The van der Waals surface area contributed by atoms with Crippen LogP contribution in [-0.4, -0.2) is 40.6 Å². The summed E-state index contributed by atoms with van der Waals surface area (Å²) in [7, 11) is 0.181. The molecule has 0 heterocycles. The standard InChI is InChI=1S/C19H37O4P/c1-2-15-24(16-11-7-3-5-9-13-18(20)21)17-12-8-4-6-10-14-19(22)23/h2-17H2,1H3,(H,20,21)(H,22,23). The topological polar surface area (TPSA) is 74.6 Å². The van der Waals surface area contributed by atoms with Gasteiger partial charge < -0.3 is 10.2 Å². The number of aliphatic carboxylic acids is 2. The van der Waals surface area contributed by atoms with E-state index in [1.807, 2.05) is 0 Å². The Morgan fingerprint density at radius 3 is 1.38 bits per heavy atom. The van der Waals surface area contributed by atoms with E-state index in [-0.39, 0.29) is 7.92 Å². The molecule has 0 unspecified atom stereocenters. The van der Waals surface area contributed by atoms with Gasteiger partial charge in [-0.2, -0.15) is 0 Å². The van der Waals surface area contributed by atoms with Gasteiger partial charge in [0.15, 0.2) is 0 Å². The summed E-state index contributed by atoms with van der Waals surface area (Å²) in [6.07, 6.45) is 17.2. The van der Waals surface area contributed by atoms with Crippen LogP contribution in [-0.2, 0) is 9.59 Å². The quantitative estimate of drug-likeness (QED) is 0.242. The van der Waals surface area contributed by atoms with Crippen molar-refractivity contribution in [2.45, 2.75) is 90.4 Å². The van der Waals surface area contributed by atoms with Crippen LogP contribution < -0.4 is 0 Å². The molecule has 0 rings (SSSR count). The van der Waals surface area contributed by atoms with Crippen LogP contribution in [0.1, 0.15) is 90.4 Å². The van der Waals surface area contributed by atoms with E-state index < -0.39 is 11.9 Å². The van der Waals surface area contributed by atoms with Gasteiger partial charge in [-0.1, -0.05) is 51.9 Å². The van der Waals surface area contributed by atoms with E-state index in [1.165, 1.54) is 63.4 Å². The average molecular weight is 360 g/mol. The van der Waals surface area contributed by atoms with Crippen molar-refractivity contribution >= 4 is 19.9 Å². The van der Waals surface area contributed by atoms with Crippen LogP contribution in [0.4, 0.5) is 0 Å². The zero-order valence-electron chi connectivity index (χ0n) is 15.5. The second kappa shape index (κ2) is 17.2. The van der Waals surface area contributed by atoms with Crippen molar-refractivity contribution in [2.75, 3.05) is 18.5 Å². The minimum atomic E-state index is -0.676. The second-order valence-corrected chi connectivity index (χ2v) is 9.35. The largest absolute Gasteiger partial charge is 0.481 e. The van der Waals surface area contributed by atoms with E-state index in [9.17, 15) is 9.59 Å². The third-order valence-corrected chi connectivity index (χ3v) is 7.25. The number of hydrogen-bond acceptors (Lipinski definition) is 2. The molecule has 0 saturated carbocycles. The Morgan fingerprint density at radius 1 is 0.625 bits per heavy atom. The summed E-state index contributed by atoms with van der Waals surface area (Å²) in [6, 6.07) is 0. The van der Waals surface area contributed by atoms with Gasteiger partial charge in [0.2, 0.25) is 0 Å². The Bertz CT molecular complexity index is 292. The molecule has 2 N–H and O–H groups in total. The van der Waals surface area contributed by atoms with Crippen molar-refractivity contribution in [2.24, 2.45) is 0 Å². The fraction of sp³-hybridized carbons (Fsp3) is 0.895. The molecule has 5 heteroatoms. The highest BCUT2D eigenvalue weighted by Gasteiger charge is 2.07. The van der Waals surface area contributed by atoms with Crippen LogP contribution in [0.5, 0.6) is 0 Å². The maximum atomic E-state index is 10.4. The number of unbranched alkanes of at least 4 members (excludes halogenated alkanes) is 8. The van der Waals surface area contributed by atoms with Crippen LogP contribution >= 0.6 is 7.92 Å². The lowest BCUT2D eigenvalue weighted by atomic mass is 10.1. The van der Waals surface area contributed by atoms with Crippen molar-refractivity contribution in [3.05, 3.63) is 0 Å². The number of carbonyl (C=O) groups is 2. The Balaban J connectivity index is 3.52. The first kappa shape index (κ1) is 23.4. The van der Waals surface area contributed by atoms with Crippen LogP contribution in [0, 0.1) is 0 Å². The summed E-state index contributed by atoms with van der Waals surface area (Å²) in [5.41, 5.74) is 0. The molecule has 0 aromatic carbocycles. The van der Waals surface area contributed by atoms with Crippen LogP contribution in [0.2, 0.25) is 0 Å². The molecular weight excluding hydrogens is 323 g/mol. The Kier molecular flexibility index (Phi) is 16.7. The van der Waals surface area contributed by atoms with Gasteiger partial charge in [-0.05, 0) is 44.2 Å². The first-order valence-corrected chi connectivity index (χ1v) is 11.6. The molecular formula is C19H37O4P. The lowest BCUT2D eigenvalue weighted by Gasteiger charge is -2.17. The Hall–Kier alpha value is -0.630. The highest BCUT2D eigenvalue weighted by molar-refractivity contribution is 7.57. The van der Waals surface area contributed by atoms with Gasteiger partial charge in [-0.3, -0.25) is 9.59 Å². The van der Waals surface area contributed by atoms with E-state index in [2.05, 4.69) is 6.92 Å². The number of carboxylic acids is 2. The third kappa shape index (κ3) is 17.7. The fourth-order valence-corrected chi connectivity index (χ4v) is 5.58. The molecule has 0 spiro atoms. The predicted octanol–water partition coefficient (Wildman–Crippen LogP) is 5.73. The van der Waals surface area contributed by atoms with Crippen LogP contribution in [0.25, 0.3) is 0 Å². The molecule has 0 saturated heterocycles.